The standard InChI is InChI=1S/C6H8N2O2S/c1-7-6(9)10-2-5-3-11-4-8-5/h3-4H,2H2,1H3,(H,7,9). The maximum Gasteiger partial charge on any atom is 0.407 e. The number of carbonyl (C=O) groups excluding carboxylic acids is 1. The fourth-order valence-corrected chi connectivity index (χ4v) is 1.06. The Balaban J connectivity index is 2.29. The Kier molecular flexibility index (Phi) is 2.85. The molecule has 0 radical (unpaired) electrons. The molecule has 0 aliphatic rings. The molecular weight excluding hydrogens is 164 g/mol. The molecule has 0 aliphatic carbocycles. The molecule has 0 saturated carbocycles. The van der Waals surface area contributed by atoms with Gasteiger partial charge in [-0.1, -0.05) is 0 Å². The minimum Gasteiger partial charge on any atom is -0.443 e. The van der Waals surface area contributed by atoms with Crippen LogP contribution in [0.25, 0.3) is 0 Å². The number of alkyl carbamates (subject to hydrolysis) is 1. The topological polar surface area (TPSA) is 51.2 Å². The first kappa shape index (κ1) is 8.00. The largest absolute Gasteiger partial charge is 0.443 e. The highest BCUT2D eigenvalue weighted by Gasteiger charge is 1.99. The third-order valence-corrected chi connectivity index (χ3v) is 1.67. The first-order chi connectivity index (χ1) is 5.33. The van der Waals surface area contributed by atoms with Gasteiger partial charge in [-0.3, -0.25) is 0 Å². The Bertz CT molecular complexity index is 222. The average Bonchev–Trinajstić information content (AvgIpc) is 2.52. The van der Waals surface area contributed by atoms with Crippen LogP contribution in [0.4, 0.5) is 4.79 Å². The van der Waals surface area contributed by atoms with Gasteiger partial charge in [0.05, 0.1) is 11.2 Å². The SMILES string of the molecule is CNC(=O)OCc1cscn1. The number of nitrogens with one attached hydrogen (secondary N) is 1. The number of rotatable bonds is 2. The van der Waals surface area contributed by atoms with Crippen LogP contribution in [0.2, 0.25) is 0 Å². The molecule has 5 heteroatoms. The van der Waals surface area contributed by atoms with Crippen molar-refractivity contribution in [2.24, 2.45) is 0 Å². The number of hydrogen-bond acceptors (Lipinski definition) is 4. The number of amides is 1. The van der Waals surface area contributed by atoms with Crippen molar-refractivity contribution in [1.82, 2.24) is 10.3 Å². The molecule has 0 unspecified atom stereocenters. The smallest absolute Gasteiger partial charge is 0.407 e. The summed E-state index contributed by atoms with van der Waals surface area (Å²) in [6.07, 6.45) is -0.432. The molecule has 1 N–H and O–H groups in total. The fourth-order valence-electron chi connectivity index (χ4n) is 0.520. The lowest BCUT2D eigenvalue weighted by atomic mass is 10.5. The van der Waals surface area contributed by atoms with Crippen molar-refractivity contribution in [3.63, 3.8) is 0 Å². The van der Waals surface area contributed by atoms with Gasteiger partial charge in [0.25, 0.3) is 0 Å². The van der Waals surface area contributed by atoms with Crippen molar-refractivity contribution in [1.29, 1.82) is 0 Å². The molecule has 0 bridgehead atoms. The summed E-state index contributed by atoms with van der Waals surface area (Å²) in [6, 6.07) is 0. The van der Waals surface area contributed by atoms with Gasteiger partial charge in [0.2, 0.25) is 0 Å². The van der Waals surface area contributed by atoms with E-state index in [9.17, 15) is 4.79 Å². The molecule has 0 fully saturated rings. The van der Waals surface area contributed by atoms with Gasteiger partial charge in [-0.25, -0.2) is 9.78 Å². The maximum atomic E-state index is 10.5. The lowest BCUT2D eigenvalue weighted by molar-refractivity contribution is 0.141. The van der Waals surface area contributed by atoms with Crippen molar-refractivity contribution in [3.8, 4) is 0 Å². The van der Waals surface area contributed by atoms with Crippen molar-refractivity contribution in [2.45, 2.75) is 6.61 Å². The normalized spacial score (nSPS) is 9.18. The molecule has 1 aromatic rings. The number of thiazole rings is 1. The molecule has 0 aromatic carbocycles. The van der Waals surface area contributed by atoms with Gasteiger partial charge in [0.1, 0.15) is 6.61 Å². The van der Waals surface area contributed by atoms with Crippen LogP contribution in [-0.4, -0.2) is 18.1 Å². The van der Waals surface area contributed by atoms with Crippen molar-refractivity contribution >= 4 is 17.4 Å². The van der Waals surface area contributed by atoms with E-state index in [0.29, 0.717) is 0 Å². The van der Waals surface area contributed by atoms with E-state index >= 15 is 0 Å². The van der Waals surface area contributed by atoms with Crippen LogP contribution in [0.5, 0.6) is 0 Å². The van der Waals surface area contributed by atoms with Crippen LogP contribution in [-0.2, 0) is 11.3 Å². The quantitative estimate of drug-likeness (QED) is 0.724. The van der Waals surface area contributed by atoms with Gasteiger partial charge >= 0.3 is 6.09 Å². The minimum atomic E-state index is -0.432. The third kappa shape index (κ3) is 2.55. The van der Waals surface area contributed by atoms with E-state index in [2.05, 4.69) is 10.3 Å². The van der Waals surface area contributed by atoms with Crippen LogP contribution in [0.1, 0.15) is 5.69 Å². The number of aromatic nitrogens is 1. The number of ether oxygens (including phenoxy) is 1. The van der Waals surface area contributed by atoms with Crippen molar-refractivity contribution in [3.05, 3.63) is 16.6 Å². The van der Waals surface area contributed by atoms with Crippen molar-refractivity contribution in [2.75, 3.05) is 7.05 Å². The van der Waals surface area contributed by atoms with Gasteiger partial charge in [0, 0.05) is 12.4 Å². The van der Waals surface area contributed by atoms with E-state index in [1.165, 1.54) is 18.4 Å². The van der Waals surface area contributed by atoms with Gasteiger partial charge in [-0.05, 0) is 0 Å². The molecule has 0 atom stereocenters. The van der Waals surface area contributed by atoms with Gasteiger partial charge in [0.15, 0.2) is 0 Å². The lowest BCUT2D eigenvalue weighted by Crippen LogP contribution is -2.18. The monoisotopic (exact) mass is 172 g/mol. The molecule has 1 heterocycles. The Morgan fingerprint density at radius 3 is 3.27 bits per heavy atom. The van der Waals surface area contributed by atoms with Crippen LogP contribution in [0, 0.1) is 0 Å². The number of hydrogen-bond donors (Lipinski definition) is 1. The zero-order chi connectivity index (χ0) is 8.10. The van der Waals surface area contributed by atoms with Crippen molar-refractivity contribution < 1.29 is 9.53 Å². The number of nitrogens with zero attached hydrogens (tertiary/aromatic N) is 1. The lowest BCUT2D eigenvalue weighted by Gasteiger charge is -1.99. The van der Waals surface area contributed by atoms with Crippen LogP contribution < -0.4 is 5.32 Å². The molecule has 1 aromatic heterocycles. The summed E-state index contributed by atoms with van der Waals surface area (Å²) in [4.78, 5) is 14.5. The second kappa shape index (κ2) is 3.92. The average molecular weight is 172 g/mol. The molecule has 0 aliphatic heterocycles. The summed E-state index contributed by atoms with van der Waals surface area (Å²) >= 11 is 1.48. The predicted molar refractivity (Wildman–Crippen MR) is 41.4 cm³/mol. The summed E-state index contributed by atoms with van der Waals surface area (Å²) in [5.41, 5.74) is 2.47. The molecule has 11 heavy (non-hydrogen) atoms. The first-order valence-electron chi connectivity index (χ1n) is 3.04. The van der Waals surface area contributed by atoms with E-state index in [1.807, 2.05) is 5.38 Å². The Hall–Kier alpha value is -1.10. The summed E-state index contributed by atoms with van der Waals surface area (Å²) in [5, 5.41) is 4.18. The highest BCUT2D eigenvalue weighted by Crippen LogP contribution is 2.01. The molecule has 0 spiro atoms. The van der Waals surface area contributed by atoms with Gasteiger partial charge in [-0.2, -0.15) is 0 Å². The Morgan fingerprint density at radius 2 is 2.73 bits per heavy atom. The van der Waals surface area contributed by atoms with E-state index < -0.39 is 6.09 Å². The van der Waals surface area contributed by atoms with Gasteiger partial charge < -0.3 is 10.1 Å². The van der Waals surface area contributed by atoms with Crippen LogP contribution in [0.3, 0.4) is 0 Å². The fraction of sp³-hybridized carbons (Fsp3) is 0.333. The summed E-state index contributed by atoms with van der Waals surface area (Å²) in [6.45, 7) is 0.239. The van der Waals surface area contributed by atoms with Crippen LogP contribution in [0.15, 0.2) is 10.9 Å². The first-order valence-corrected chi connectivity index (χ1v) is 3.99. The predicted octanol–water partition coefficient (Wildman–Crippen LogP) is 0.999. The summed E-state index contributed by atoms with van der Waals surface area (Å²) in [5.74, 6) is 0. The maximum absolute atomic E-state index is 10.5. The molecule has 4 nitrogen and oxygen atoms in total. The molecule has 1 rings (SSSR count). The van der Waals surface area contributed by atoms with E-state index in [4.69, 9.17) is 4.74 Å². The second-order valence-corrected chi connectivity index (χ2v) is 2.52. The van der Waals surface area contributed by atoms with E-state index in [0.717, 1.165) is 5.69 Å². The van der Waals surface area contributed by atoms with E-state index in [1.54, 1.807) is 5.51 Å². The molecule has 60 valence electrons. The zero-order valence-electron chi connectivity index (χ0n) is 6.03. The molecule has 1 amide bonds. The molecular formula is C6H8N2O2S. The highest BCUT2D eigenvalue weighted by atomic mass is 32.1. The Labute approximate surface area is 68.2 Å². The highest BCUT2D eigenvalue weighted by molar-refractivity contribution is 7.07. The number of carbonyl (C=O) groups is 1. The van der Waals surface area contributed by atoms with Crippen LogP contribution >= 0.6 is 11.3 Å². The third-order valence-electron chi connectivity index (χ3n) is 1.04. The second-order valence-electron chi connectivity index (χ2n) is 1.81. The summed E-state index contributed by atoms with van der Waals surface area (Å²) in [7, 11) is 1.52. The zero-order valence-corrected chi connectivity index (χ0v) is 6.85. The Morgan fingerprint density at radius 1 is 1.91 bits per heavy atom. The minimum absolute atomic E-state index is 0.239. The summed E-state index contributed by atoms with van der Waals surface area (Å²) < 4.78 is 4.73. The molecule has 0 saturated heterocycles. The van der Waals surface area contributed by atoms with Gasteiger partial charge in [-0.15, -0.1) is 11.3 Å². The van der Waals surface area contributed by atoms with E-state index in [-0.39, 0.29) is 6.61 Å².